The van der Waals surface area contributed by atoms with Gasteiger partial charge < -0.3 is 37.8 Å². The number of benzene rings is 1. The van der Waals surface area contributed by atoms with Crippen LogP contribution in [0.25, 0.3) is 11.5 Å². The number of aromatic nitrogens is 3. The summed E-state index contributed by atoms with van der Waals surface area (Å²) >= 11 is 3.15. The average molecular weight is 478 g/mol. The molecule has 0 radical (unpaired) electrons. The van der Waals surface area contributed by atoms with Gasteiger partial charge in [-0.05, 0) is 18.2 Å². The molecule has 0 aliphatic heterocycles. The Kier molecular flexibility index (Phi) is 7.11. The largest absolute Gasteiger partial charge is 1.00 e. The third-order valence-electron chi connectivity index (χ3n) is 3.59. The SMILES string of the molecule is Cn1cc(-c2nnc(NCCN)o2)c(Nc2ccc(Br)cc2F)c(F)c1=O.[Cl-].[H+]. The molecule has 0 spiro atoms. The van der Waals surface area contributed by atoms with Crippen LogP contribution in [0.4, 0.5) is 26.2 Å². The van der Waals surface area contributed by atoms with Gasteiger partial charge in [-0.1, -0.05) is 21.0 Å². The molecule has 8 nitrogen and oxygen atoms in total. The van der Waals surface area contributed by atoms with Gasteiger partial charge in [0.1, 0.15) is 5.82 Å². The Morgan fingerprint density at radius 1 is 1.36 bits per heavy atom. The van der Waals surface area contributed by atoms with Crippen LogP contribution in [0.2, 0.25) is 0 Å². The van der Waals surface area contributed by atoms with Crippen molar-refractivity contribution in [1.29, 1.82) is 0 Å². The molecule has 4 N–H and O–H groups in total. The Labute approximate surface area is 174 Å². The minimum atomic E-state index is -1.10. The fourth-order valence-corrected chi connectivity index (χ4v) is 2.62. The zero-order valence-corrected chi connectivity index (χ0v) is 16.8. The van der Waals surface area contributed by atoms with E-state index in [1.807, 2.05) is 0 Å². The summed E-state index contributed by atoms with van der Waals surface area (Å²) < 4.78 is 35.8. The second-order valence-corrected chi connectivity index (χ2v) is 6.44. The molecule has 12 heteroatoms. The van der Waals surface area contributed by atoms with Gasteiger partial charge in [0.15, 0.2) is 0 Å². The normalized spacial score (nSPS) is 10.5. The van der Waals surface area contributed by atoms with E-state index >= 15 is 0 Å². The van der Waals surface area contributed by atoms with Crippen LogP contribution < -0.4 is 34.3 Å². The van der Waals surface area contributed by atoms with Crippen LogP contribution in [-0.4, -0.2) is 27.9 Å². The number of rotatable bonds is 6. The fourth-order valence-electron chi connectivity index (χ4n) is 2.29. The van der Waals surface area contributed by atoms with Gasteiger partial charge in [0, 0.05) is 30.8 Å². The molecule has 0 bridgehead atoms. The van der Waals surface area contributed by atoms with Gasteiger partial charge in [0.25, 0.3) is 11.4 Å². The fraction of sp³-hybridized carbons (Fsp3) is 0.188. The highest BCUT2D eigenvalue weighted by Gasteiger charge is 2.21. The summed E-state index contributed by atoms with van der Waals surface area (Å²) in [5, 5.41) is 13.0. The number of nitrogens with two attached hydrogens (primary N) is 1. The lowest BCUT2D eigenvalue weighted by molar-refractivity contribution is -0.00000730. The first-order valence-corrected chi connectivity index (χ1v) is 8.59. The lowest BCUT2D eigenvalue weighted by atomic mass is 10.2. The second-order valence-electron chi connectivity index (χ2n) is 5.52. The molecule has 0 saturated carbocycles. The first kappa shape index (κ1) is 21.8. The standard InChI is InChI=1S/C16H15BrF2N6O2.ClH/c1-25-7-9(14-23-24-16(27-14)21-5-4-20)13(12(19)15(25)26)22-11-3-2-8(17)6-10(11)18;/h2-3,6-7,22H,4-5,20H2,1H3,(H,21,24);1H. The van der Waals surface area contributed by atoms with E-state index in [0.29, 0.717) is 17.6 Å². The van der Waals surface area contributed by atoms with E-state index in [-0.39, 0.29) is 42.7 Å². The van der Waals surface area contributed by atoms with Gasteiger partial charge in [-0.15, -0.1) is 5.10 Å². The number of hydrogen-bond acceptors (Lipinski definition) is 7. The summed E-state index contributed by atoms with van der Waals surface area (Å²) in [6.45, 7) is 0.750. The summed E-state index contributed by atoms with van der Waals surface area (Å²) in [6.07, 6.45) is 1.32. The molecule has 28 heavy (non-hydrogen) atoms. The smallest absolute Gasteiger partial charge is 1.00 e. The van der Waals surface area contributed by atoms with E-state index in [0.717, 1.165) is 4.57 Å². The van der Waals surface area contributed by atoms with Crippen LogP contribution in [0.1, 0.15) is 1.43 Å². The van der Waals surface area contributed by atoms with E-state index in [1.54, 1.807) is 6.07 Å². The number of aryl methyl sites for hydroxylation is 1. The van der Waals surface area contributed by atoms with E-state index in [4.69, 9.17) is 10.2 Å². The Hall–Kier alpha value is -2.50. The Morgan fingerprint density at radius 3 is 2.79 bits per heavy atom. The number of nitrogens with one attached hydrogen (secondary N) is 2. The molecule has 0 unspecified atom stereocenters. The van der Waals surface area contributed by atoms with Gasteiger partial charge in [0.2, 0.25) is 5.82 Å². The lowest BCUT2D eigenvalue weighted by Gasteiger charge is -2.13. The molecule has 3 rings (SSSR count). The number of hydrogen-bond donors (Lipinski definition) is 3. The molecule has 0 saturated heterocycles. The molecule has 1 aromatic carbocycles. The maximum Gasteiger partial charge on any atom is 1.00 e. The van der Waals surface area contributed by atoms with Crippen molar-refractivity contribution in [2.75, 3.05) is 23.7 Å². The van der Waals surface area contributed by atoms with Gasteiger partial charge in [-0.2, -0.15) is 4.39 Å². The van der Waals surface area contributed by atoms with Crippen molar-refractivity contribution < 1.29 is 27.0 Å². The third kappa shape index (κ3) is 4.49. The molecule has 0 fully saturated rings. The van der Waals surface area contributed by atoms with E-state index in [2.05, 4.69) is 36.8 Å². The number of anilines is 3. The number of pyridine rings is 1. The molecule has 0 aliphatic carbocycles. The highest BCUT2D eigenvalue weighted by atomic mass is 79.9. The first-order valence-electron chi connectivity index (χ1n) is 7.79. The van der Waals surface area contributed by atoms with Crippen molar-refractivity contribution in [1.82, 2.24) is 14.8 Å². The lowest BCUT2D eigenvalue weighted by Crippen LogP contribution is -3.00. The van der Waals surface area contributed by atoms with Crippen LogP contribution in [0.15, 0.2) is 38.1 Å². The second kappa shape index (κ2) is 9.13. The quantitative estimate of drug-likeness (QED) is 0.447. The molecule has 0 atom stereocenters. The number of halogens is 4. The van der Waals surface area contributed by atoms with Crippen LogP contribution >= 0.6 is 15.9 Å². The Morgan fingerprint density at radius 2 is 2.11 bits per heavy atom. The molecule has 150 valence electrons. The average Bonchev–Trinajstić information content (AvgIpc) is 3.10. The van der Waals surface area contributed by atoms with Crippen LogP contribution in [0.3, 0.4) is 0 Å². The predicted octanol–water partition coefficient (Wildman–Crippen LogP) is -0.293. The van der Waals surface area contributed by atoms with Crippen LogP contribution in [0, 0.1) is 11.6 Å². The molecule has 0 amide bonds. The van der Waals surface area contributed by atoms with Crippen molar-refractivity contribution in [3.8, 4) is 11.5 Å². The van der Waals surface area contributed by atoms with E-state index < -0.39 is 17.2 Å². The molecule has 3 aromatic rings. The van der Waals surface area contributed by atoms with Crippen LogP contribution in [-0.2, 0) is 7.05 Å². The minimum absolute atomic E-state index is 0. The maximum absolute atomic E-state index is 14.7. The summed E-state index contributed by atoms with van der Waals surface area (Å²) in [4.78, 5) is 12.0. The minimum Gasteiger partial charge on any atom is -1.00 e. The van der Waals surface area contributed by atoms with Crippen LogP contribution in [0.5, 0.6) is 0 Å². The van der Waals surface area contributed by atoms with Crippen molar-refractivity contribution in [3.63, 3.8) is 0 Å². The van der Waals surface area contributed by atoms with Gasteiger partial charge in [-0.25, -0.2) is 4.39 Å². The summed E-state index contributed by atoms with van der Waals surface area (Å²) in [6, 6.07) is 4.28. The van der Waals surface area contributed by atoms with E-state index in [9.17, 15) is 13.6 Å². The highest BCUT2D eigenvalue weighted by Crippen LogP contribution is 2.32. The van der Waals surface area contributed by atoms with E-state index in [1.165, 1.54) is 25.4 Å². The summed E-state index contributed by atoms with van der Waals surface area (Å²) in [5.74, 6) is -1.79. The van der Waals surface area contributed by atoms with Crippen molar-refractivity contribution in [2.24, 2.45) is 12.8 Å². The molecule has 2 heterocycles. The molecule has 0 aliphatic rings. The van der Waals surface area contributed by atoms with Crippen molar-refractivity contribution >= 4 is 33.3 Å². The van der Waals surface area contributed by atoms with Crippen molar-refractivity contribution in [3.05, 3.63) is 50.9 Å². The third-order valence-corrected chi connectivity index (χ3v) is 4.08. The van der Waals surface area contributed by atoms with Gasteiger partial charge in [0.05, 0.1) is 16.9 Å². The predicted molar refractivity (Wildman–Crippen MR) is 101 cm³/mol. The van der Waals surface area contributed by atoms with Gasteiger partial charge in [-0.3, -0.25) is 4.79 Å². The monoisotopic (exact) mass is 476 g/mol. The molecular formula is C16H16BrClF2N6O2. The number of nitrogens with zero attached hydrogens (tertiary/aromatic N) is 3. The zero-order valence-electron chi connectivity index (χ0n) is 15.5. The molecule has 2 aromatic heterocycles. The maximum atomic E-state index is 14.7. The first-order chi connectivity index (χ1) is 12.9. The molecular weight excluding hydrogens is 462 g/mol. The summed E-state index contributed by atoms with van der Waals surface area (Å²) in [5.41, 5.74) is 4.32. The highest BCUT2D eigenvalue weighted by molar-refractivity contribution is 9.10. The zero-order chi connectivity index (χ0) is 19.6. The van der Waals surface area contributed by atoms with Crippen molar-refractivity contribution in [2.45, 2.75) is 0 Å². The van der Waals surface area contributed by atoms with Gasteiger partial charge >= 0.3 is 7.44 Å². The summed E-state index contributed by atoms with van der Waals surface area (Å²) in [7, 11) is 1.38. The Bertz CT molecular complexity index is 1050. The topological polar surface area (TPSA) is 111 Å². The Balaban J connectivity index is 0.00000210.